The van der Waals surface area contributed by atoms with Crippen LogP contribution in [0.4, 0.5) is 0 Å². The summed E-state index contributed by atoms with van der Waals surface area (Å²) >= 11 is 0. The topological polar surface area (TPSA) is 58.6 Å². The second-order valence-corrected chi connectivity index (χ2v) is 7.59. The van der Waals surface area contributed by atoms with Gasteiger partial charge in [0.15, 0.2) is 0 Å². The van der Waals surface area contributed by atoms with Crippen molar-refractivity contribution in [1.82, 2.24) is 9.03 Å². The van der Waals surface area contributed by atoms with Crippen LogP contribution < -0.4 is 9.46 Å². The van der Waals surface area contributed by atoms with Crippen molar-refractivity contribution in [2.24, 2.45) is 0 Å². The highest BCUT2D eigenvalue weighted by Gasteiger charge is 2.33. The van der Waals surface area contributed by atoms with Crippen LogP contribution >= 0.6 is 0 Å². The molecule has 2 aliphatic rings. The number of benzene rings is 1. The molecule has 1 aliphatic carbocycles. The Kier molecular flexibility index (Phi) is 4.19. The van der Waals surface area contributed by atoms with Crippen molar-refractivity contribution in [3.05, 3.63) is 29.8 Å². The molecule has 0 bridgehead atoms. The third-order valence-corrected chi connectivity index (χ3v) is 6.10. The molecular formula is C15H22N2O3S. The van der Waals surface area contributed by atoms with Gasteiger partial charge in [0.25, 0.3) is 10.2 Å². The molecule has 1 heterocycles. The Balaban J connectivity index is 1.72. The summed E-state index contributed by atoms with van der Waals surface area (Å²) in [5.74, 6) is 0.769. The maximum Gasteiger partial charge on any atom is 0.280 e. The van der Waals surface area contributed by atoms with Crippen molar-refractivity contribution in [2.45, 2.75) is 44.2 Å². The number of rotatable bonds is 4. The maximum absolute atomic E-state index is 12.6. The lowest BCUT2D eigenvalue weighted by Crippen LogP contribution is -2.46. The number of hydrogen-bond donors (Lipinski definition) is 1. The first-order chi connectivity index (χ1) is 10.1. The zero-order valence-corrected chi connectivity index (χ0v) is 13.1. The Labute approximate surface area is 126 Å². The predicted octanol–water partition coefficient (Wildman–Crippen LogP) is 2.22. The smallest absolute Gasteiger partial charge is 0.280 e. The van der Waals surface area contributed by atoms with E-state index in [1.54, 1.807) is 7.05 Å². The van der Waals surface area contributed by atoms with E-state index in [9.17, 15) is 8.42 Å². The van der Waals surface area contributed by atoms with Gasteiger partial charge in [-0.15, -0.1) is 0 Å². The van der Waals surface area contributed by atoms with Gasteiger partial charge in [-0.2, -0.15) is 17.4 Å². The van der Waals surface area contributed by atoms with Gasteiger partial charge in [-0.1, -0.05) is 37.5 Å². The number of fused-ring (bicyclic) bond motifs is 1. The summed E-state index contributed by atoms with van der Waals surface area (Å²) in [6, 6.07) is 7.40. The molecule has 0 radical (unpaired) electrons. The molecule has 21 heavy (non-hydrogen) atoms. The zero-order chi connectivity index (χ0) is 14.9. The van der Waals surface area contributed by atoms with Crippen LogP contribution in [0.25, 0.3) is 0 Å². The second kappa shape index (κ2) is 5.94. The van der Waals surface area contributed by atoms with Crippen LogP contribution in [-0.2, 0) is 10.2 Å². The average molecular weight is 310 g/mol. The molecule has 0 saturated heterocycles. The first kappa shape index (κ1) is 14.8. The fourth-order valence-electron chi connectivity index (χ4n) is 3.16. The lowest BCUT2D eigenvalue weighted by Gasteiger charge is -2.31. The molecule has 1 saturated carbocycles. The molecule has 1 aliphatic heterocycles. The van der Waals surface area contributed by atoms with Crippen LogP contribution in [0.1, 0.15) is 43.7 Å². The minimum Gasteiger partial charge on any atom is -0.491 e. The predicted molar refractivity (Wildman–Crippen MR) is 81.4 cm³/mol. The maximum atomic E-state index is 12.6. The monoisotopic (exact) mass is 310 g/mol. The summed E-state index contributed by atoms with van der Waals surface area (Å²) in [5.41, 5.74) is 0.915. The first-order valence-electron chi connectivity index (χ1n) is 7.55. The van der Waals surface area contributed by atoms with Gasteiger partial charge in [0.1, 0.15) is 12.4 Å². The molecule has 6 heteroatoms. The van der Waals surface area contributed by atoms with Crippen LogP contribution in [0.3, 0.4) is 0 Å². The van der Waals surface area contributed by atoms with Gasteiger partial charge < -0.3 is 4.74 Å². The summed E-state index contributed by atoms with van der Waals surface area (Å²) in [7, 11) is -1.80. The summed E-state index contributed by atoms with van der Waals surface area (Å²) in [5, 5.41) is 0. The summed E-state index contributed by atoms with van der Waals surface area (Å²) in [4.78, 5) is 0. The van der Waals surface area contributed by atoms with Gasteiger partial charge in [0, 0.05) is 18.7 Å². The van der Waals surface area contributed by atoms with Gasteiger partial charge in [0.2, 0.25) is 0 Å². The lowest BCUT2D eigenvalue weighted by atomic mass is 9.96. The third kappa shape index (κ3) is 3.07. The number of ether oxygens (including phenoxy) is 1. The van der Waals surface area contributed by atoms with Crippen molar-refractivity contribution in [2.75, 3.05) is 13.7 Å². The van der Waals surface area contributed by atoms with Crippen LogP contribution in [0.2, 0.25) is 0 Å². The van der Waals surface area contributed by atoms with Crippen LogP contribution in [0.15, 0.2) is 24.3 Å². The van der Waals surface area contributed by atoms with Gasteiger partial charge in [-0.05, 0) is 18.9 Å². The summed E-state index contributed by atoms with van der Waals surface area (Å²) in [6.07, 6.45) is 5.34. The van der Waals surface area contributed by atoms with Crippen molar-refractivity contribution in [3.8, 4) is 5.75 Å². The fourth-order valence-corrected chi connectivity index (χ4v) is 4.49. The zero-order valence-electron chi connectivity index (χ0n) is 12.3. The van der Waals surface area contributed by atoms with Crippen molar-refractivity contribution >= 4 is 10.2 Å². The van der Waals surface area contributed by atoms with E-state index in [-0.39, 0.29) is 12.1 Å². The van der Waals surface area contributed by atoms with E-state index in [2.05, 4.69) is 4.72 Å². The molecule has 1 aromatic rings. The van der Waals surface area contributed by atoms with E-state index in [1.165, 1.54) is 10.7 Å². The highest BCUT2D eigenvalue weighted by Crippen LogP contribution is 2.32. The van der Waals surface area contributed by atoms with Gasteiger partial charge >= 0.3 is 0 Å². The second-order valence-electron chi connectivity index (χ2n) is 5.83. The Morgan fingerprint density at radius 3 is 2.67 bits per heavy atom. The highest BCUT2D eigenvalue weighted by atomic mass is 32.2. The summed E-state index contributed by atoms with van der Waals surface area (Å²) in [6.45, 7) is 0.358. The average Bonchev–Trinajstić information content (AvgIpc) is 2.90. The van der Waals surface area contributed by atoms with Crippen molar-refractivity contribution in [1.29, 1.82) is 0 Å². The highest BCUT2D eigenvalue weighted by molar-refractivity contribution is 7.87. The minimum atomic E-state index is -3.48. The quantitative estimate of drug-likeness (QED) is 0.927. The lowest BCUT2D eigenvalue weighted by molar-refractivity contribution is 0.277. The molecule has 1 aromatic carbocycles. The molecule has 5 nitrogen and oxygen atoms in total. The Morgan fingerprint density at radius 1 is 1.19 bits per heavy atom. The van der Waals surface area contributed by atoms with E-state index in [0.717, 1.165) is 37.0 Å². The summed E-state index contributed by atoms with van der Waals surface area (Å²) < 4.78 is 34.9. The van der Waals surface area contributed by atoms with Crippen molar-refractivity contribution < 1.29 is 13.2 Å². The molecule has 0 spiro atoms. The molecule has 0 amide bonds. The van der Waals surface area contributed by atoms with Crippen LogP contribution in [0.5, 0.6) is 5.75 Å². The van der Waals surface area contributed by atoms with Gasteiger partial charge in [-0.25, -0.2) is 0 Å². The molecule has 116 valence electrons. The Morgan fingerprint density at radius 2 is 1.90 bits per heavy atom. The normalized spacial score (nSPS) is 23.0. The van der Waals surface area contributed by atoms with E-state index >= 15 is 0 Å². The Hall–Kier alpha value is -1.11. The van der Waals surface area contributed by atoms with Gasteiger partial charge in [0.05, 0.1) is 6.04 Å². The number of nitrogens with zero attached hydrogens (tertiary/aromatic N) is 1. The van der Waals surface area contributed by atoms with Gasteiger partial charge in [-0.3, -0.25) is 0 Å². The number of para-hydroxylation sites is 1. The van der Waals surface area contributed by atoms with E-state index in [4.69, 9.17) is 4.74 Å². The molecule has 0 aromatic heterocycles. The molecule has 0 unspecified atom stereocenters. The molecule has 3 rings (SSSR count). The minimum absolute atomic E-state index is 0.119. The van der Waals surface area contributed by atoms with E-state index < -0.39 is 10.2 Å². The molecule has 1 N–H and O–H groups in total. The van der Waals surface area contributed by atoms with Crippen LogP contribution in [0, 0.1) is 0 Å². The van der Waals surface area contributed by atoms with Crippen LogP contribution in [-0.4, -0.2) is 32.4 Å². The van der Waals surface area contributed by atoms with E-state index in [1.807, 2.05) is 24.3 Å². The third-order valence-electron chi connectivity index (χ3n) is 4.46. The standard InChI is InChI=1S/C15H22N2O3S/c1-17(12-7-3-2-4-8-12)21(18,19)16-14-11-20-15-10-6-5-9-13(14)15/h5-6,9-10,12,14,16H,2-4,7-8,11H2,1H3/t14-/m1/s1. The Bertz CT molecular complexity index is 597. The SMILES string of the molecule is CN(C1CCCCC1)S(=O)(=O)N[C@@H]1COc2ccccc21. The molecule has 1 fully saturated rings. The number of nitrogens with one attached hydrogen (secondary N) is 1. The number of hydrogen-bond acceptors (Lipinski definition) is 3. The van der Waals surface area contributed by atoms with Crippen molar-refractivity contribution in [3.63, 3.8) is 0 Å². The molecular weight excluding hydrogens is 288 g/mol. The fraction of sp³-hybridized carbons (Fsp3) is 0.600. The molecule has 1 atom stereocenters. The van der Waals surface area contributed by atoms with E-state index in [0.29, 0.717) is 6.61 Å². The first-order valence-corrected chi connectivity index (χ1v) is 8.99. The largest absolute Gasteiger partial charge is 0.491 e.